The van der Waals surface area contributed by atoms with Gasteiger partial charge in [-0.3, -0.25) is 4.79 Å². The van der Waals surface area contributed by atoms with E-state index in [2.05, 4.69) is 0 Å². The molecule has 2 aromatic carbocycles. The summed E-state index contributed by atoms with van der Waals surface area (Å²) in [5.74, 6) is 1.18. The third kappa shape index (κ3) is 1.94. The van der Waals surface area contributed by atoms with Gasteiger partial charge in [0.25, 0.3) is 0 Å². The van der Waals surface area contributed by atoms with Crippen LogP contribution in [-0.2, 0) is 0 Å². The molecule has 102 valence electrons. The number of benzene rings is 2. The van der Waals surface area contributed by atoms with E-state index in [1.165, 1.54) is 6.07 Å². The van der Waals surface area contributed by atoms with Gasteiger partial charge in [-0.25, -0.2) is 0 Å². The van der Waals surface area contributed by atoms with Gasteiger partial charge in [0.05, 0.1) is 0 Å². The molecule has 0 amide bonds. The van der Waals surface area contributed by atoms with Crippen molar-refractivity contribution in [1.82, 2.24) is 0 Å². The largest absolute Gasteiger partial charge is 0.488 e. The third-order valence-corrected chi connectivity index (χ3v) is 3.56. The highest BCUT2D eigenvalue weighted by molar-refractivity contribution is 5.89. The van der Waals surface area contributed by atoms with E-state index in [-0.39, 0.29) is 5.43 Å². The zero-order chi connectivity index (χ0) is 14.2. The van der Waals surface area contributed by atoms with Crippen molar-refractivity contribution in [3.63, 3.8) is 0 Å². The lowest BCUT2D eigenvalue weighted by Crippen LogP contribution is -2.07. The van der Waals surface area contributed by atoms with Crippen molar-refractivity contribution < 1.29 is 9.15 Å². The van der Waals surface area contributed by atoms with Crippen LogP contribution in [0.2, 0.25) is 0 Å². The van der Waals surface area contributed by atoms with Crippen LogP contribution in [0.5, 0.6) is 5.75 Å². The Balaban J connectivity index is 2.01. The zero-order valence-electron chi connectivity index (χ0n) is 11.2. The average Bonchev–Trinajstić information content (AvgIpc) is 2.55. The Bertz CT molecular complexity index is 905. The summed E-state index contributed by atoms with van der Waals surface area (Å²) in [5.41, 5.74) is 2.27. The quantitative estimate of drug-likeness (QED) is 0.677. The minimum Gasteiger partial charge on any atom is -0.488 e. The molecule has 0 spiro atoms. The lowest BCUT2D eigenvalue weighted by Gasteiger charge is -2.14. The predicted octanol–water partition coefficient (Wildman–Crippen LogP) is 3.87. The zero-order valence-corrected chi connectivity index (χ0v) is 11.2. The summed E-state index contributed by atoms with van der Waals surface area (Å²) < 4.78 is 11.5. The molecule has 3 nitrogen and oxygen atoms in total. The van der Waals surface area contributed by atoms with Gasteiger partial charge in [0.2, 0.25) is 0 Å². The first kappa shape index (κ1) is 12.0. The number of ether oxygens (including phenoxy) is 1. The second kappa shape index (κ2) is 4.63. The molecule has 0 radical (unpaired) electrons. The molecule has 4 rings (SSSR count). The molecule has 0 atom stereocenters. The summed E-state index contributed by atoms with van der Waals surface area (Å²) in [6.45, 7) is 0.478. The van der Waals surface area contributed by atoms with Crippen molar-refractivity contribution in [3.05, 3.63) is 70.4 Å². The Hall–Kier alpha value is -2.81. The summed E-state index contributed by atoms with van der Waals surface area (Å²) in [5, 5.41) is 0.511. The van der Waals surface area contributed by atoms with Gasteiger partial charge < -0.3 is 9.15 Å². The highest BCUT2D eigenvalue weighted by atomic mass is 16.5. The van der Waals surface area contributed by atoms with E-state index in [4.69, 9.17) is 9.15 Å². The number of rotatable bonds is 1. The molecule has 0 fully saturated rings. The normalized spacial score (nSPS) is 13.0. The van der Waals surface area contributed by atoms with Gasteiger partial charge >= 0.3 is 0 Å². The molecule has 2 heterocycles. The van der Waals surface area contributed by atoms with Crippen LogP contribution < -0.4 is 10.2 Å². The van der Waals surface area contributed by atoms with Gasteiger partial charge in [-0.15, -0.1) is 0 Å². The van der Waals surface area contributed by atoms with Crippen molar-refractivity contribution in [2.24, 2.45) is 0 Å². The first-order chi connectivity index (χ1) is 10.3. The summed E-state index contributed by atoms with van der Waals surface area (Å²) in [4.78, 5) is 12.5. The average molecular weight is 276 g/mol. The van der Waals surface area contributed by atoms with Crippen LogP contribution in [0.15, 0.2) is 63.8 Å². The minimum absolute atomic E-state index is 0.0812. The summed E-state index contributed by atoms with van der Waals surface area (Å²) in [6, 6.07) is 14.9. The lowest BCUT2D eigenvalue weighted by atomic mass is 10.1. The Labute approximate surface area is 121 Å². The van der Waals surface area contributed by atoms with Gasteiger partial charge in [0, 0.05) is 17.2 Å². The molecule has 1 aliphatic heterocycles. The summed E-state index contributed by atoms with van der Waals surface area (Å²) >= 11 is 0. The topological polar surface area (TPSA) is 39.4 Å². The van der Waals surface area contributed by atoms with E-state index >= 15 is 0 Å². The first-order valence-corrected chi connectivity index (χ1v) is 6.78. The van der Waals surface area contributed by atoms with Gasteiger partial charge in [-0.05, 0) is 18.2 Å². The standard InChI is InChI=1S/C18H12O3/c19-14-11-16(12-5-2-1-3-6-12)21-15-9-8-13-7-4-10-20-18(13)17(14)15/h1-9,11H,10H2. The highest BCUT2D eigenvalue weighted by Gasteiger charge is 2.15. The van der Waals surface area contributed by atoms with E-state index < -0.39 is 0 Å². The highest BCUT2D eigenvalue weighted by Crippen LogP contribution is 2.32. The fourth-order valence-corrected chi connectivity index (χ4v) is 2.58. The Morgan fingerprint density at radius 1 is 1.00 bits per heavy atom. The Morgan fingerprint density at radius 2 is 1.86 bits per heavy atom. The molecule has 1 aromatic heterocycles. The van der Waals surface area contributed by atoms with Crippen molar-refractivity contribution in [3.8, 4) is 17.1 Å². The van der Waals surface area contributed by atoms with Crippen LogP contribution >= 0.6 is 0 Å². The van der Waals surface area contributed by atoms with E-state index in [0.717, 1.165) is 11.1 Å². The van der Waals surface area contributed by atoms with Crippen LogP contribution in [0.25, 0.3) is 28.4 Å². The van der Waals surface area contributed by atoms with Crippen LogP contribution in [0.3, 0.4) is 0 Å². The van der Waals surface area contributed by atoms with E-state index in [9.17, 15) is 4.79 Å². The van der Waals surface area contributed by atoms with Crippen LogP contribution in [0.4, 0.5) is 0 Å². The molecule has 3 aromatic rings. The Morgan fingerprint density at radius 3 is 2.71 bits per heavy atom. The molecule has 0 aliphatic carbocycles. The maximum Gasteiger partial charge on any atom is 0.197 e. The van der Waals surface area contributed by atoms with Gasteiger partial charge in [0.15, 0.2) is 5.43 Å². The summed E-state index contributed by atoms with van der Waals surface area (Å²) in [7, 11) is 0. The SMILES string of the molecule is O=c1cc(-c2ccccc2)oc2ccc3c(c12)OCC=C3. The third-order valence-electron chi connectivity index (χ3n) is 3.56. The molecule has 0 unspecified atom stereocenters. The molecule has 1 aliphatic rings. The Kier molecular flexibility index (Phi) is 2.64. The van der Waals surface area contributed by atoms with Crippen molar-refractivity contribution in [2.75, 3.05) is 6.61 Å². The minimum atomic E-state index is -0.0812. The van der Waals surface area contributed by atoms with Crippen LogP contribution in [0.1, 0.15) is 5.56 Å². The van der Waals surface area contributed by atoms with Crippen molar-refractivity contribution >= 4 is 17.0 Å². The van der Waals surface area contributed by atoms with Crippen LogP contribution in [-0.4, -0.2) is 6.61 Å². The van der Waals surface area contributed by atoms with Gasteiger partial charge in [-0.2, -0.15) is 0 Å². The maximum absolute atomic E-state index is 12.5. The second-order valence-electron chi connectivity index (χ2n) is 4.91. The van der Waals surface area contributed by atoms with Crippen molar-refractivity contribution in [2.45, 2.75) is 0 Å². The molecule has 0 N–H and O–H groups in total. The van der Waals surface area contributed by atoms with E-state index in [0.29, 0.717) is 29.1 Å². The maximum atomic E-state index is 12.5. The van der Waals surface area contributed by atoms with Crippen LogP contribution in [0, 0.1) is 0 Å². The fourth-order valence-electron chi connectivity index (χ4n) is 2.58. The lowest BCUT2D eigenvalue weighted by molar-refractivity contribution is 0.362. The fraction of sp³-hybridized carbons (Fsp3) is 0.0556. The molecule has 3 heteroatoms. The monoisotopic (exact) mass is 276 g/mol. The number of hydrogen-bond donors (Lipinski definition) is 0. The molecule has 0 saturated carbocycles. The second-order valence-corrected chi connectivity index (χ2v) is 4.91. The molecule has 0 saturated heterocycles. The summed E-state index contributed by atoms with van der Waals surface area (Å²) in [6.07, 6.45) is 3.89. The molecule has 0 bridgehead atoms. The molecular weight excluding hydrogens is 264 g/mol. The van der Waals surface area contributed by atoms with E-state index in [1.54, 1.807) is 0 Å². The predicted molar refractivity (Wildman–Crippen MR) is 82.4 cm³/mol. The smallest absolute Gasteiger partial charge is 0.197 e. The first-order valence-electron chi connectivity index (χ1n) is 6.78. The number of hydrogen-bond acceptors (Lipinski definition) is 3. The number of fused-ring (bicyclic) bond motifs is 3. The van der Waals surface area contributed by atoms with E-state index in [1.807, 2.05) is 54.6 Å². The molecular formula is C18H12O3. The van der Waals surface area contributed by atoms with Gasteiger partial charge in [-0.1, -0.05) is 36.4 Å². The molecule has 21 heavy (non-hydrogen) atoms. The van der Waals surface area contributed by atoms with Gasteiger partial charge in [0.1, 0.15) is 29.1 Å². The van der Waals surface area contributed by atoms with Crippen molar-refractivity contribution in [1.29, 1.82) is 0 Å².